The van der Waals surface area contributed by atoms with Crippen LogP contribution in [0.4, 0.5) is 8.78 Å². The van der Waals surface area contributed by atoms with E-state index in [2.05, 4.69) is 9.47 Å². The van der Waals surface area contributed by atoms with Crippen LogP contribution in [0.1, 0.15) is 27.7 Å². The fourth-order valence-electron chi connectivity index (χ4n) is 2.11. The van der Waals surface area contributed by atoms with Crippen molar-refractivity contribution in [2.75, 3.05) is 6.61 Å². The molecule has 0 bridgehead atoms. The van der Waals surface area contributed by atoms with E-state index in [1.807, 2.05) is 0 Å². The molecule has 1 heterocycles. The molecule has 0 aromatic carbocycles. The van der Waals surface area contributed by atoms with Crippen molar-refractivity contribution in [3.63, 3.8) is 0 Å². The molecule has 0 spiro atoms. The molecule has 0 aliphatic carbocycles. The Labute approximate surface area is 141 Å². The quantitative estimate of drug-likeness (QED) is 0.500. The number of esters is 4. The van der Waals surface area contributed by atoms with Gasteiger partial charge in [-0.3, -0.25) is 19.2 Å². The molecule has 0 aromatic heterocycles. The molecule has 0 N–H and O–H groups in total. The van der Waals surface area contributed by atoms with E-state index in [9.17, 15) is 28.0 Å². The SMILES string of the molecule is CC(=O)OCC1OC(OC(C)=O)C(OC(C)=O)C(OC(C)=O)C1(F)F. The van der Waals surface area contributed by atoms with Crippen LogP contribution in [0.3, 0.4) is 0 Å². The number of ether oxygens (including phenoxy) is 5. The molecule has 4 atom stereocenters. The van der Waals surface area contributed by atoms with Crippen LogP contribution in [-0.4, -0.2) is 61.0 Å². The van der Waals surface area contributed by atoms with Gasteiger partial charge in [-0.25, -0.2) is 0 Å². The van der Waals surface area contributed by atoms with E-state index in [0.29, 0.717) is 0 Å². The van der Waals surface area contributed by atoms with E-state index in [0.717, 1.165) is 27.7 Å². The van der Waals surface area contributed by atoms with Gasteiger partial charge in [0.15, 0.2) is 6.10 Å². The van der Waals surface area contributed by atoms with Crippen molar-refractivity contribution < 1.29 is 51.6 Å². The van der Waals surface area contributed by atoms with Crippen molar-refractivity contribution in [3.8, 4) is 0 Å². The van der Waals surface area contributed by atoms with Gasteiger partial charge in [-0.15, -0.1) is 0 Å². The largest absolute Gasteiger partial charge is 0.463 e. The number of halogens is 2. The van der Waals surface area contributed by atoms with E-state index in [1.54, 1.807) is 0 Å². The summed E-state index contributed by atoms with van der Waals surface area (Å²) in [7, 11) is 0. The Bertz CT molecular complexity index is 548. The third-order valence-electron chi connectivity index (χ3n) is 2.99. The average molecular weight is 368 g/mol. The molecular formula is C14H18F2O9. The minimum absolute atomic E-state index is 0.852. The highest BCUT2D eigenvalue weighted by Crippen LogP contribution is 2.38. The number of rotatable bonds is 5. The molecule has 1 aliphatic heterocycles. The minimum atomic E-state index is -3.90. The normalized spacial score (nSPS) is 27.8. The van der Waals surface area contributed by atoms with Crippen LogP contribution in [0.15, 0.2) is 0 Å². The van der Waals surface area contributed by atoms with Gasteiger partial charge in [0, 0.05) is 27.7 Å². The zero-order valence-electron chi connectivity index (χ0n) is 13.9. The van der Waals surface area contributed by atoms with E-state index in [-0.39, 0.29) is 0 Å². The topological polar surface area (TPSA) is 114 Å². The Hall–Kier alpha value is -2.30. The molecule has 4 unspecified atom stereocenters. The molecule has 9 nitrogen and oxygen atoms in total. The highest BCUT2D eigenvalue weighted by Gasteiger charge is 2.63. The first kappa shape index (κ1) is 20.7. The van der Waals surface area contributed by atoms with Gasteiger partial charge in [-0.05, 0) is 0 Å². The second kappa shape index (κ2) is 8.19. The van der Waals surface area contributed by atoms with Crippen LogP contribution < -0.4 is 0 Å². The Morgan fingerprint density at radius 2 is 1.40 bits per heavy atom. The minimum Gasteiger partial charge on any atom is -0.463 e. The van der Waals surface area contributed by atoms with Crippen molar-refractivity contribution in [1.82, 2.24) is 0 Å². The highest BCUT2D eigenvalue weighted by atomic mass is 19.3. The van der Waals surface area contributed by atoms with Gasteiger partial charge in [0.25, 0.3) is 0 Å². The van der Waals surface area contributed by atoms with Crippen LogP contribution in [0, 0.1) is 0 Å². The molecule has 0 aromatic rings. The van der Waals surface area contributed by atoms with Crippen LogP contribution in [0.5, 0.6) is 0 Å². The van der Waals surface area contributed by atoms with Gasteiger partial charge in [-0.2, -0.15) is 8.78 Å². The van der Waals surface area contributed by atoms with Gasteiger partial charge in [-0.1, -0.05) is 0 Å². The molecule has 0 radical (unpaired) electrons. The maximum Gasteiger partial charge on any atom is 0.317 e. The maximum absolute atomic E-state index is 14.6. The predicted octanol–water partition coefficient (Wildman–Crippen LogP) is 0.336. The fraction of sp³-hybridized carbons (Fsp3) is 0.714. The lowest BCUT2D eigenvalue weighted by molar-refractivity contribution is -0.339. The number of hydrogen-bond acceptors (Lipinski definition) is 9. The number of carbonyl (C=O) groups is 4. The summed E-state index contributed by atoms with van der Waals surface area (Å²) in [5, 5.41) is 0. The highest BCUT2D eigenvalue weighted by molar-refractivity contribution is 5.68. The third-order valence-corrected chi connectivity index (χ3v) is 2.99. The van der Waals surface area contributed by atoms with Gasteiger partial charge in [0.2, 0.25) is 18.5 Å². The summed E-state index contributed by atoms with van der Waals surface area (Å²) in [6.45, 7) is 2.88. The summed E-state index contributed by atoms with van der Waals surface area (Å²) in [5.74, 6) is -7.75. The number of carbonyl (C=O) groups excluding carboxylic acids is 4. The Balaban J connectivity index is 3.22. The van der Waals surface area contributed by atoms with Crippen molar-refractivity contribution in [3.05, 3.63) is 0 Å². The van der Waals surface area contributed by atoms with Gasteiger partial charge < -0.3 is 23.7 Å². The fourth-order valence-corrected chi connectivity index (χ4v) is 2.11. The van der Waals surface area contributed by atoms with Crippen molar-refractivity contribution in [1.29, 1.82) is 0 Å². The first-order chi connectivity index (χ1) is 11.4. The molecule has 1 aliphatic rings. The van der Waals surface area contributed by atoms with Crippen LogP contribution in [-0.2, 0) is 42.9 Å². The molecule has 142 valence electrons. The van der Waals surface area contributed by atoms with Crippen LogP contribution in [0.2, 0.25) is 0 Å². The lowest BCUT2D eigenvalue weighted by Crippen LogP contribution is -2.65. The smallest absolute Gasteiger partial charge is 0.317 e. The molecule has 1 rings (SSSR count). The van der Waals surface area contributed by atoms with Crippen molar-refractivity contribution >= 4 is 23.9 Å². The molecule has 0 amide bonds. The summed E-state index contributed by atoms with van der Waals surface area (Å²) in [4.78, 5) is 44.5. The Morgan fingerprint density at radius 3 is 1.84 bits per heavy atom. The zero-order chi connectivity index (χ0) is 19.4. The summed E-state index contributed by atoms with van der Waals surface area (Å²) >= 11 is 0. The van der Waals surface area contributed by atoms with Crippen LogP contribution >= 0.6 is 0 Å². The maximum atomic E-state index is 14.6. The number of hydrogen-bond donors (Lipinski definition) is 0. The van der Waals surface area contributed by atoms with Gasteiger partial charge >= 0.3 is 29.8 Å². The monoisotopic (exact) mass is 368 g/mol. The lowest BCUT2D eigenvalue weighted by atomic mass is 9.97. The molecule has 1 saturated heterocycles. The molecule has 1 fully saturated rings. The van der Waals surface area contributed by atoms with Gasteiger partial charge in [0.05, 0.1) is 0 Å². The van der Waals surface area contributed by atoms with Crippen molar-refractivity contribution in [2.24, 2.45) is 0 Å². The second-order valence-electron chi connectivity index (χ2n) is 5.18. The Kier molecular flexibility index (Phi) is 6.79. The molecule has 11 heteroatoms. The first-order valence-electron chi connectivity index (χ1n) is 7.13. The standard InChI is InChI=1S/C14H18F2O9/c1-6(17)21-5-10-14(15,16)12(23-8(3)19)11(22-7(2)18)13(25-10)24-9(4)20/h10-13H,5H2,1-4H3. The summed E-state index contributed by atoms with van der Waals surface area (Å²) in [5.41, 5.74) is 0. The zero-order valence-corrected chi connectivity index (χ0v) is 13.9. The predicted molar refractivity (Wildman–Crippen MR) is 73.1 cm³/mol. The third kappa shape index (κ3) is 5.62. The molecule has 0 saturated carbocycles. The molecular weight excluding hydrogens is 350 g/mol. The van der Waals surface area contributed by atoms with E-state index in [1.165, 1.54) is 0 Å². The van der Waals surface area contributed by atoms with Gasteiger partial charge in [0.1, 0.15) is 6.61 Å². The second-order valence-corrected chi connectivity index (χ2v) is 5.18. The first-order valence-corrected chi connectivity index (χ1v) is 7.13. The van der Waals surface area contributed by atoms with E-state index < -0.39 is 61.0 Å². The number of alkyl halides is 2. The molecule has 25 heavy (non-hydrogen) atoms. The summed E-state index contributed by atoms with van der Waals surface area (Å²) in [6, 6.07) is 0. The lowest BCUT2D eigenvalue weighted by Gasteiger charge is -2.43. The summed E-state index contributed by atoms with van der Waals surface area (Å²) < 4.78 is 52.8. The van der Waals surface area contributed by atoms with E-state index >= 15 is 0 Å². The average Bonchev–Trinajstić information content (AvgIpc) is 2.43. The van der Waals surface area contributed by atoms with Crippen LogP contribution in [0.25, 0.3) is 0 Å². The summed E-state index contributed by atoms with van der Waals surface area (Å²) in [6.07, 6.45) is -8.11. The Morgan fingerprint density at radius 1 is 0.880 bits per heavy atom. The van der Waals surface area contributed by atoms with Crippen molar-refractivity contribution in [2.45, 2.75) is 58.2 Å². The van der Waals surface area contributed by atoms with E-state index in [4.69, 9.17) is 14.2 Å².